The Bertz CT molecular complexity index is 464. The molecule has 18 heavy (non-hydrogen) atoms. The van der Waals surface area contributed by atoms with E-state index in [0.29, 0.717) is 6.42 Å². The molecular weight excluding hydrogens is 260 g/mol. The number of carbonyl (C=O) groups is 1. The number of benzene rings is 1. The Labute approximate surface area is 109 Å². The number of nitro groups is 1. The fourth-order valence-electron chi connectivity index (χ4n) is 1.37. The van der Waals surface area contributed by atoms with Gasteiger partial charge in [0, 0.05) is 24.8 Å². The zero-order valence-corrected chi connectivity index (χ0v) is 10.5. The van der Waals surface area contributed by atoms with Crippen LogP contribution in [-0.2, 0) is 0 Å². The summed E-state index contributed by atoms with van der Waals surface area (Å²) in [5, 5.41) is 21.9. The van der Waals surface area contributed by atoms with Crippen molar-refractivity contribution in [3.63, 3.8) is 0 Å². The summed E-state index contributed by atoms with van der Waals surface area (Å²) in [6.45, 7) is 1.71. The molecule has 1 rings (SSSR count). The molecule has 6 nitrogen and oxygen atoms in total. The molecule has 0 bridgehead atoms. The summed E-state index contributed by atoms with van der Waals surface area (Å²) in [5.41, 5.74) is 0.00649. The lowest BCUT2D eigenvalue weighted by Gasteiger charge is -2.12. The molecule has 0 saturated carbocycles. The molecule has 0 aliphatic rings. The Kier molecular flexibility index (Phi) is 5.06. The number of hydrogen-bond donors (Lipinski definition) is 2. The van der Waals surface area contributed by atoms with Gasteiger partial charge in [0.1, 0.15) is 0 Å². The van der Waals surface area contributed by atoms with Crippen molar-refractivity contribution in [1.82, 2.24) is 5.32 Å². The molecule has 0 spiro atoms. The number of halogens is 1. The van der Waals surface area contributed by atoms with Gasteiger partial charge in [-0.25, -0.2) is 0 Å². The van der Waals surface area contributed by atoms with Crippen molar-refractivity contribution in [3.8, 4) is 0 Å². The molecule has 0 radical (unpaired) electrons. The van der Waals surface area contributed by atoms with Crippen molar-refractivity contribution >= 4 is 23.2 Å². The molecule has 0 saturated heterocycles. The minimum atomic E-state index is -0.581. The summed E-state index contributed by atoms with van der Waals surface area (Å²) < 4.78 is 0. The average Bonchev–Trinajstić information content (AvgIpc) is 2.28. The number of rotatable bonds is 5. The maximum absolute atomic E-state index is 11.8. The van der Waals surface area contributed by atoms with Crippen molar-refractivity contribution in [1.29, 1.82) is 0 Å². The molecule has 1 aromatic rings. The van der Waals surface area contributed by atoms with Gasteiger partial charge in [-0.3, -0.25) is 14.9 Å². The average molecular weight is 273 g/mol. The number of nitrogens with zero attached hydrogens (tertiary/aromatic N) is 1. The van der Waals surface area contributed by atoms with Gasteiger partial charge in [-0.05, 0) is 19.4 Å². The van der Waals surface area contributed by atoms with Gasteiger partial charge in [-0.1, -0.05) is 11.6 Å². The first-order chi connectivity index (χ1) is 8.45. The maximum Gasteiger partial charge on any atom is 0.270 e. The largest absolute Gasteiger partial charge is 0.396 e. The van der Waals surface area contributed by atoms with Gasteiger partial charge >= 0.3 is 0 Å². The van der Waals surface area contributed by atoms with E-state index in [1.807, 2.05) is 0 Å². The van der Waals surface area contributed by atoms with E-state index in [-0.39, 0.29) is 28.9 Å². The second kappa shape index (κ2) is 6.32. The Morgan fingerprint density at radius 2 is 2.28 bits per heavy atom. The van der Waals surface area contributed by atoms with Crippen LogP contribution in [0.3, 0.4) is 0 Å². The molecule has 0 aromatic heterocycles. The zero-order chi connectivity index (χ0) is 13.7. The second-order valence-corrected chi connectivity index (χ2v) is 4.22. The lowest BCUT2D eigenvalue weighted by atomic mass is 10.1. The summed E-state index contributed by atoms with van der Waals surface area (Å²) >= 11 is 5.81. The SMILES string of the molecule is CC(CCO)NC(=O)c1ccc([N+](=O)[O-])cc1Cl. The Morgan fingerprint density at radius 1 is 1.61 bits per heavy atom. The zero-order valence-electron chi connectivity index (χ0n) is 9.72. The van der Waals surface area contributed by atoms with Gasteiger partial charge in [-0.15, -0.1) is 0 Å². The van der Waals surface area contributed by atoms with E-state index < -0.39 is 10.8 Å². The van der Waals surface area contributed by atoms with Gasteiger partial charge in [0.2, 0.25) is 0 Å². The van der Waals surface area contributed by atoms with Gasteiger partial charge in [0.05, 0.1) is 15.5 Å². The lowest BCUT2D eigenvalue weighted by Crippen LogP contribution is -2.33. The maximum atomic E-state index is 11.8. The lowest BCUT2D eigenvalue weighted by molar-refractivity contribution is -0.384. The van der Waals surface area contributed by atoms with Crippen LogP contribution >= 0.6 is 11.6 Å². The van der Waals surface area contributed by atoms with Gasteiger partial charge in [0.25, 0.3) is 11.6 Å². The number of aliphatic hydroxyl groups excluding tert-OH is 1. The molecule has 1 atom stereocenters. The highest BCUT2D eigenvalue weighted by molar-refractivity contribution is 6.34. The van der Waals surface area contributed by atoms with Crippen molar-refractivity contribution < 1.29 is 14.8 Å². The number of amides is 1. The number of nitro benzene ring substituents is 1. The minimum Gasteiger partial charge on any atom is -0.396 e. The predicted octanol–water partition coefficient (Wildman–Crippen LogP) is 1.75. The summed E-state index contributed by atoms with van der Waals surface area (Å²) in [5.74, 6) is -0.421. The normalized spacial score (nSPS) is 11.9. The topological polar surface area (TPSA) is 92.5 Å². The molecule has 0 aliphatic heterocycles. The molecular formula is C11H13ClN2O4. The van der Waals surface area contributed by atoms with E-state index in [2.05, 4.69) is 5.32 Å². The van der Waals surface area contributed by atoms with Crippen LogP contribution in [0.25, 0.3) is 0 Å². The molecule has 0 heterocycles. The third-order valence-corrected chi connectivity index (χ3v) is 2.66. The fraction of sp³-hybridized carbons (Fsp3) is 0.364. The summed E-state index contributed by atoms with van der Waals surface area (Å²) in [4.78, 5) is 21.7. The highest BCUT2D eigenvalue weighted by Gasteiger charge is 2.16. The Morgan fingerprint density at radius 3 is 2.78 bits per heavy atom. The number of aliphatic hydroxyl groups is 1. The number of carbonyl (C=O) groups excluding carboxylic acids is 1. The summed E-state index contributed by atoms with van der Waals surface area (Å²) in [7, 11) is 0. The highest BCUT2D eigenvalue weighted by Crippen LogP contribution is 2.22. The Balaban J connectivity index is 2.84. The molecule has 1 unspecified atom stereocenters. The van der Waals surface area contributed by atoms with E-state index >= 15 is 0 Å². The van der Waals surface area contributed by atoms with E-state index in [0.717, 1.165) is 6.07 Å². The highest BCUT2D eigenvalue weighted by atomic mass is 35.5. The van der Waals surface area contributed by atoms with E-state index in [4.69, 9.17) is 16.7 Å². The first-order valence-electron chi connectivity index (χ1n) is 5.31. The third-order valence-electron chi connectivity index (χ3n) is 2.35. The smallest absolute Gasteiger partial charge is 0.270 e. The van der Waals surface area contributed by atoms with Gasteiger partial charge in [0.15, 0.2) is 0 Å². The van der Waals surface area contributed by atoms with E-state index in [9.17, 15) is 14.9 Å². The Hall–Kier alpha value is -1.66. The standard InChI is InChI=1S/C11H13ClN2O4/c1-7(4-5-15)13-11(16)9-3-2-8(14(17)18)6-10(9)12/h2-3,6-7,15H,4-5H2,1H3,(H,13,16). The second-order valence-electron chi connectivity index (χ2n) is 3.81. The van der Waals surface area contributed by atoms with Crippen LogP contribution in [0.2, 0.25) is 5.02 Å². The van der Waals surface area contributed by atoms with Crippen molar-refractivity contribution in [2.24, 2.45) is 0 Å². The van der Waals surface area contributed by atoms with Crippen LogP contribution in [0.5, 0.6) is 0 Å². The summed E-state index contributed by atoms with van der Waals surface area (Å²) in [6, 6.07) is 3.46. The molecule has 0 aliphatic carbocycles. The monoisotopic (exact) mass is 272 g/mol. The van der Waals surface area contributed by atoms with Crippen LogP contribution in [-0.4, -0.2) is 28.6 Å². The molecule has 1 amide bonds. The first-order valence-corrected chi connectivity index (χ1v) is 5.69. The van der Waals surface area contributed by atoms with Gasteiger partial charge < -0.3 is 10.4 Å². The molecule has 98 valence electrons. The first kappa shape index (κ1) is 14.4. The van der Waals surface area contributed by atoms with Crippen LogP contribution in [0, 0.1) is 10.1 Å². The number of hydrogen-bond acceptors (Lipinski definition) is 4. The van der Waals surface area contributed by atoms with Crippen molar-refractivity contribution in [2.45, 2.75) is 19.4 Å². The summed E-state index contributed by atoms with van der Waals surface area (Å²) in [6.07, 6.45) is 0.427. The van der Waals surface area contributed by atoms with Crippen molar-refractivity contribution in [3.05, 3.63) is 38.9 Å². The number of non-ortho nitro benzene ring substituents is 1. The van der Waals surface area contributed by atoms with Crippen LogP contribution < -0.4 is 5.32 Å². The van der Waals surface area contributed by atoms with Crippen LogP contribution in [0.1, 0.15) is 23.7 Å². The fourth-order valence-corrected chi connectivity index (χ4v) is 1.63. The minimum absolute atomic E-state index is 0.0258. The predicted molar refractivity (Wildman–Crippen MR) is 66.7 cm³/mol. The molecule has 1 aromatic carbocycles. The molecule has 2 N–H and O–H groups in total. The quantitative estimate of drug-likeness (QED) is 0.631. The molecule has 0 fully saturated rings. The van der Waals surface area contributed by atoms with Gasteiger partial charge in [-0.2, -0.15) is 0 Å². The van der Waals surface area contributed by atoms with Crippen molar-refractivity contribution in [2.75, 3.05) is 6.61 Å². The third kappa shape index (κ3) is 3.68. The van der Waals surface area contributed by atoms with E-state index in [1.54, 1.807) is 6.92 Å². The van der Waals surface area contributed by atoms with Crippen LogP contribution in [0.15, 0.2) is 18.2 Å². The number of nitrogens with one attached hydrogen (secondary N) is 1. The molecule has 7 heteroatoms. The van der Waals surface area contributed by atoms with Crippen LogP contribution in [0.4, 0.5) is 5.69 Å². The van der Waals surface area contributed by atoms with E-state index in [1.165, 1.54) is 12.1 Å².